The molecule has 210 valence electrons. The third-order valence-corrected chi connectivity index (χ3v) is 7.96. The molecule has 1 saturated heterocycles. The van der Waals surface area contributed by atoms with Gasteiger partial charge in [0.15, 0.2) is 5.82 Å². The molecule has 2 unspecified atom stereocenters. The average Bonchev–Trinajstić information content (AvgIpc) is 3.23. The molecule has 3 aromatic rings. The zero-order valence-corrected chi connectivity index (χ0v) is 22.7. The van der Waals surface area contributed by atoms with Crippen LogP contribution in [0.2, 0.25) is 0 Å². The van der Waals surface area contributed by atoms with E-state index in [1.165, 1.54) is 12.3 Å². The monoisotopic (exact) mass is 552 g/mol. The van der Waals surface area contributed by atoms with Crippen LogP contribution in [-0.2, 0) is 24.2 Å². The Bertz CT molecular complexity index is 1500. The fourth-order valence-electron chi connectivity index (χ4n) is 5.78. The first-order chi connectivity index (χ1) is 19.1. The number of carbonyl (C=O) groups excluding carboxylic acids is 1. The number of benzene rings is 1. The van der Waals surface area contributed by atoms with Gasteiger partial charge in [-0.2, -0.15) is 18.3 Å². The summed E-state index contributed by atoms with van der Waals surface area (Å²) in [7, 11) is 0. The minimum atomic E-state index is -4.29. The van der Waals surface area contributed by atoms with Gasteiger partial charge < -0.3 is 9.64 Å². The molecule has 0 radical (unpaired) electrons. The van der Waals surface area contributed by atoms with Gasteiger partial charge in [-0.3, -0.25) is 14.4 Å². The maximum absolute atomic E-state index is 13.7. The molecule has 0 spiro atoms. The van der Waals surface area contributed by atoms with Crippen molar-refractivity contribution in [2.75, 3.05) is 31.1 Å². The van der Waals surface area contributed by atoms with Crippen molar-refractivity contribution in [3.63, 3.8) is 0 Å². The zero-order valence-electron chi connectivity index (χ0n) is 22.7. The summed E-state index contributed by atoms with van der Waals surface area (Å²) in [6.45, 7) is 10.1. The van der Waals surface area contributed by atoms with E-state index in [9.17, 15) is 18.0 Å². The molecule has 2 aromatic heterocycles. The average molecular weight is 553 g/mol. The van der Waals surface area contributed by atoms with Gasteiger partial charge in [-0.25, -0.2) is 9.97 Å². The Labute approximate surface area is 230 Å². The number of halogens is 3. The lowest BCUT2D eigenvalue weighted by atomic mass is 9.93. The molecule has 1 aliphatic carbocycles. The number of anilines is 1. The van der Waals surface area contributed by atoms with Crippen molar-refractivity contribution in [3.8, 4) is 11.4 Å². The second-order valence-electron chi connectivity index (χ2n) is 10.8. The van der Waals surface area contributed by atoms with Gasteiger partial charge in [0, 0.05) is 49.2 Å². The highest BCUT2D eigenvalue weighted by Crippen LogP contribution is 2.35. The van der Waals surface area contributed by atoms with Crippen LogP contribution in [0.15, 0.2) is 30.5 Å². The minimum absolute atomic E-state index is 0.0805. The Balaban J connectivity index is 1.22. The molecule has 2 aliphatic heterocycles. The minimum Gasteiger partial charge on any atom is -0.376 e. The van der Waals surface area contributed by atoms with E-state index in [-0.39, 0.29) is 18.4 Å². The van der Waals surface area contributed by atoms with Crippen LogP contribution < -0.4 is 4.90 Å². The van der Waals surface area contributed by atoms with E-state index in [0.29, 0.717) is 49.0 Å². The molecular weight excluding hydrogens is 521 g/mol. The molecule has 1 fully saturated rings. The normalized spacial score (nSPS) is 21.4. The van der Waals surface area contributed by atoms with Gasteiger partial charge >= 0.3 is 6.18 Å². The Morgan fingerprint density at radius 2 is 1.98 bits per heavy atom. The number of hydrogen-bond donors (Lipinski definition) is 0. The van der Waals surface area contributed by atoms with Crippen molar-refractivity contribution in [1.29, 1.82) is 0 Å². The van der Waals surface area contributed by atoms with Crippen LogP contribution >= 0.6 is 0 Å². The molecular formula is C29H31F3N6O2. The predicted molar refractivity (Wildman–Crippen MR) is 144 cm³/mol. The Kier molecular flexibility index (Phi) is 6.74. The van der Waals surface area contributed by atoms with Gasteiger partial charge in [-0.15, -0.1) is 0 Å². The third kappa shape index (κ3) is 4.92. The lowest BCUT2D eigenvalue weighted by Gasteiger charge is -2.30. The Hall–Kier alpha value is -3.57. The number of rotatable bonds is 4. The third-order valence-electron chi connectivity index (χ3n) is 7.96. The highest BCUT2D eigenvalue weighted by Gasteiger charge is 2.39. The molecule has 0 N–H and O–H groups in total. The zero-order chi connectivity index (χ0) is 28.2. The number of hydrogen-bond acceptors (Lipinski definition) is 6. The van der Waals surface area contributed by atoms with Gasteiger partial charge in [0.1, 0.15) is 5.69 Å². The van der Waals surface area contributed by atoms with E-state index in [2.05, 4.69) is 21.8 Å². The van der Waals surface area contributed by atoms with Crippen LogP contribution in [0, 0.1) is 19.8 Å². The molecule has 6 rings (SSSR count). The lowest BCUT2D eigenvalue weighted by Crippen LogP contribution is -2.41. The van der Waals surface area contributed by atoms with Crippen molar-refractivity contribution >= 4 is 17.7 Å². The SMILES string of the molecule is Cc1cc(-c2ncc3c(n2)C=CC(C(F)(F)F)C3)ccc1N1CCn2nc(CN3CCOC(C)C3)c(C)c2C1=O. The van der Waals surface area contributed by atoms with Gasteiger partial charge in [-0.1, -0.05) is 6.08 Å². The highest BCUT2D eigenvalue weighted by atomic mass is 19.4. The first kappa shape index (κ1) is 26.6. The van der Waals surface area contributed by atoms with Crippen LogP contribution in [0.25, 0.3) is 17.5 Å². The fourth-order valence-corrected chi connectivity index (χ4v) is 5.78. The summed E-state index contributed by atoms with van der Waals surface area (Å²) in [5.41, 5.74) is 5.86. The van der Waals surface area contributed by atoms with Crippen LogP contribution in [0.3, 0.4) is 0 Å². The fraction of sp³-hybridized carbons (Fsp3) is 0.448. The van der Waals surface area contributed by atoms with E-state index in [4.69, 9.17) is 9.84 Å². The molecule has 2 atom stereocenters. The number of nitrogens with zero attached hydrogens (tertiary/aromatic N) is 6. The number of aryl methyl sites for hydroxylation is 1. The number of ether oxygens (including phenoxy) is 1. The molecule has 3 aliphatic rings. The van der Waals surface area contributed by atoms with Crippen molar-refractivity contribution in [1.82, 2.24) is 24.6 Å². The second-order valence-corrected chi connectivity index (χ2v) is 10.8. The maximum atomic E-state index is 13.7. The van der Waals surface area contributed by atoms with E-state index >= 15 is 0 Å². The van der Waals surface area contributed by atoms with E-state index in [1.807, 2.05) is 36.7 Å². The standard InChI is InChI=1S/C29H31F3N6O2/c1-17-12-20(27-33-14-21-13-22(29(30,31)32)5-6-23(21)34-27)4-7-25(17)37-8-9-38-26(28(37)39)19(3)24(35-38)16-36-10-11-40-18(2)15-36/h4-7,12,14,18,22H,8-11,13,15-16H2,1-3H3. The predicted octanol–water partition coefficient (Wildman–Crippen LogP) is 4.59. The first-order valence-corrected chi connectivity index (χ1v) is 13.5. The molecule has 40 heavy (non-hydrogen) atoms. The van der Waals surface area contributed by atoms with Gasteiger partial charge in [-0.05, 0) is 62.6 Å². The summed E-state index contributed by atoms with van der Waals surface area (Å²) in [5.74, 6) is -1.16. The number of carbonyl (C=O) groups is 1. The lowest BCUT2D eigenvalue weighted by molar-refractivity contribution is -0.160. The Morgan fingerprint density at radius 1 is 1.15 bits per heavy atom. The number of morpholine rings is 1. The van der Waals surface area contributed by atoms with Gasteiger partial charge in [0.2, 0.25) is 0 Å². The van der Waals surface area contributed by atoms with Gasteiger partial charge in [0.05, 0.1) is 36.6 Å². The van der Waals surface area contributed by atoms with E-state index in [1.54, 1.807) is 4.90 Å². The van der Waals surface area contributed by atoms with Crippen molar-refractivity contribution in [2.45, 2.75) is 52.6 Å². The molecule has 1 amide bonds. The molecule has 1 aromatic carbocycles. The number of alkyl halides is 3. The topological polar surface area (TPSA) is 76.4 Å². The van der Waals surface area contributed by atoms with Crippen LogP contribution in [-0.4, -0.2) is 69.1 Å². The van der Waals surface area contributed by atoms with Crippen molar-refractivity contribution in [3.05, 3.63) is 64.2 Å². The summed E-state index contributed by atoms with van der Waals surface area (Å²) in [6.07, 6.45) is -0.196. The summed E-state index contributed by atoms with van der Waals surface area (Å²) in [4.78, 5) is 26.7. The van der Waals surface area contributed by atoms with Crippen LogP contribution in [0.4, 0.5) is 18.9 Å². The molecule has 4 heterocycles. The molecule has 0 saturated carbocycles. The number of allylic oxidation sites excluding steroid dienone is 1. The first-order valence-electron chi connectivity index (χ1n) is 13.5. The van der Waals surface area contributed by atoms with Crippen LogP contribution in [0.1, 0.15) is 45.5 Å². The number of amides is 1. The summed E-state index contributed by atoms with van der Waals surface area (Å²) < 4.78 is 46.9. The highest BCUT2D eigenvalue weighted by molar-refractivity contribution is 6.07. The molecule has 8 nitrogen and oxygen atoms in total. The number of aromatic nitrogens is 4. The smallest absolute Gasteiger partial charge is 0.376 e. The van der Waals surface area contributed by atoms with Crippen molar-refractivity contribution < 1.29 is 22.7 Å². The Morgan fingerprint density at radius 3 is 2.73 bits per heavy atom. The quantitative estimate of drug-likeness (QED) is 0.472. The largest absolute Gasteiger partial charge is 0.395 e. The summed E-state index contributed by atoms with van der Waals surface area (Å²) in [5, 5.41) is 4.78. The summed E-state index contributed by atoms with van der Waals surface area (Å²) in [6, 6.07) is 5.66. The second kappa shape index (κ2) is 10.1. The number of fused-ring (bicyclic) bond motifs is 2. The molecule has 11 heteroatoms. The maximum Gasteiger partial charge on any atom is 0.395 e. The van der Waals surface area contributed by atoms with Gasteiger partial charge in [0.25, 0.3) is 5.91 Å². The summed E-state index contributed by atoms with van der Waals surface area (Å²) >= 11 is 0. The molecule has 0 bridgehead atoms. The van der Waals surface area contributed by atoms with E-state index < -0.39 is 12.1 Å². The van der Waals surface area contributed by atoms with Crippen LogP contribution in [0.5, 0.6) is 0 Å². The van der Waals surface area contributed by atoms with Crippen molar-refractivity contribution in [2.24, 2.45) is 5.92 Å². The van der Waals surface area contributed by atoms with E-state index in [0.717, 1.165) is 47.2 Å².